The fourth-order valence-corrected chi connectivity index (χ4v) is 2.20. The highest BCUT2D eigenvalue weighted by atomic mass is 35.5. The quantitative estimate of drug-likeness (QED) is 0.814. The van der Waals surface area contributed by atoms with E-state index >= 15 is 0 Å². The lowest BCUT2D eigenvalue weighted by Crippen LogP contribution is -2.18. The molecule has 0 amide bonds. The van der Waals surface area contributed by atoms with Crippen molar-refractivity contribution in [1.82, 2.24) is 15.2 Å². The minimum Gasteiger partial charge on any atom is -0.481 e. The molecule has 0 saturated carbocycles. The first-order chi connectivity index (χ1) is 9.56. The highest BCUT2D eigenvalue weighted by Crippen LogP contribution is 2.17. The van der Waals surface area contributed by atoms with Crippen LogP contribution in [0.3, 0.4) is 0 Å². The van der Waals surface area contributed by atoms with Gasteiger partial charge < -0.3 is 5.11 Å². The lowest BCUT2D eigenvalue weighted by atomic mass is 10.1. The molecule has 0 spiro atoms. The van der Waals surface area contributed by atoms with E-state index in [9.17, 15) is 9.59 Å². The number of hydrogen-bond donors (Lipinski definition) is 2. The Morgan fingerprint density at radius 2 is 2.10 bits per heavy atom. The number of carboxylic acids is 1. The van der Waals surface area contributed by atoms with Crippen molar-refractivity contribution in [3.05, 3.63) is 50.9 Å². The molecule has 1 heterocycles. The number of nitrogens with one attached hydrogen (secondary N) is 1. The van der Waals surface area contributed by atoms with Crippen LogP contribution in [0.5, 0.6) is 0 Å². The maximum Gasteiger partial charge on any atom is 0.313 e. The van der Waals surface area contributed by atoms with E-state index in [1.807, 2.05) is 6.07 Å². The molecule has 0 bridgehead atoms. The predicted molar refractivity (Wildman–Crippen MR) is 75.3 cm³/mol. The van der Waals surface area contributed by atoms with Gasteiger partial charge in [-0.2, -0.15) is 0 Å². The van der Waals surface area contributed by atoms with Gasteiger partial charge in [0.2, 0.25) is 0 Å². The van der Waals surface area contributed by atoms with E-state index in [0.29, 0.717) is 5.02 Å². The molecule has 2 rings (SSSR count). The summed E-state index contributed by atoms with van der Waals surface area (Å²) in [6.45, 7) is 0. The molecule has 2 N–H and O–H groups in total. The first-order valence-electron chi connectivity index (χ1n) is 5.60. The Labute approximate surface area is 123 Å². The number of benzene rings is 1. The highest BCUT2D eigenvalue weighted by Gasteiger charge is 2.09. The van der Waals surface area contributed by atoms with Crippen molar-refractivity contribution in [3.63, 3.8) is 0 Å². The summed E-state index contributed by atoms with van der Waals surface area (Å²) >= 11 is 6.92. The number of carboxylic acid groups (broad SMARTS) is 1. The third-order valence-corrected chi connectivity index (χ3v) is 3.61. The maximum atomic E-state index is 11.8. The van der Waals surface area contributed by atoms with Gasteiger partial charge in [-0.15, -0.1) is 10.2 Å². The molecule has 1 aromatic carbocycles. The summed E-state index contributed by atoms with van der Waals surface area (Å²) in [5.41, 5.74) is 0.616. The zero-order valence-corrected chi connectivity index (χ0v) is 11.7. The number of nitrogens with zero attached hydrogens (tertiary/aromatic N) is 2. The number of aliphatic carboxylic acids is 1. The van der Waals surface area contributed by atoms with E-state index in [-0.39, 0.29) is 23.0 Å². The molecule has 0 atom stereocenters. The molecule has 0 unspecified atom stereocenters. The van der Waals surface area contributed by atoms with E-state index in [2.05, 4.69) is 15.2 Å². The molecule has 8 heteroatoms. The molecule has 20 heavy (non-hydrogen) atoms. The Bertz CT molecular complexity index is 690. The van der Waals surface area contributed by atoms with Crippen LogP contribution in [0.25, 0.3) is 0 Å². The lowest BCUT2D eigenvalue weighted by molar-refractivity contribution is -0.133. The second kappa shape index (κ2) is 6.53. The Morgan fingerprint density at radius 3 is 2.75 bits per heavy atom. The van der Waals surface area contributed by atoms with Crippen molar-refractivity contribution < 1.29 is 9.90 Å². The molecular formula is C12H10ClN3O3S. The van der Waals surface area contributed by atoms with Crippen LogP contribution in [0.4, 0.5) is 0 Å². The Kier molecular flexibility index (Phi) is 4.75. The molecule has 1 aromatic heterocycles. The summed E-state index contributed by atoms with van der Waals surface area (Å²) in [4.78, 5) is 24.8. The molecule has 0 aliphatic heterocycles. The second-order valence-electron chi connectivity index (χ2n) is 3.86. The van der Waals surface area contributed by atoms with Crippen LogP contribution < -0.4 is 5.56 Å². The average Bonchev–Trinajstić information content (AvgIpc) is 2.41. The smallest absolute Gasteiger partial charge is 0.313 e. The summed E-state index contributed by atoms with van der Waals surface area (Å²) < 4.78 is 0. The molecule has 0 aliphatic rings. The standard InChI is InChI=1S/C12H10ClN3O3S/c13-8-4-2-1-3-7(8)5-9-11(19)14-12(16-15-9)20-6-10(17)18/h1-4H,5-6H2,(H,17,18)(H,14,16,19). The van der Waals surface area contributed by atoms with Crippen molar-refractivity contribution in [3.8, 4) is 0 Å². The molecule has 104 valence electrons. The minimum absolute atomic E-state index is 0.181. The maximum absolute atomic E-state index is 11.8. The van der Waals surface area contributed by atoms with Crippen LogP contribution >= 0.6 is 23.4 Å². The second-order valence-corrected chi connectivity index (χ2v) is 5.23. The van der Waals surface area contributed by atoms with E-state index in [0.717, 1.165) is 17.3 Å². The van der Waals surface area contributed by atoms with Crippen molar-refractivity contribution >= 4 is 29.3 Å². The van der Waals surface area contributed by atoms with Gasteiger partial charge in [-0.3, -0.25) is 14.6 Å². The van der Waals surface area contributed by atoms with Gasteiger partial charge in [-0.1, -0.05) is 41.6 Å². The first-order valence-corrected chi connectivity index (χ1v) is 6.96. The van der Waals surface area contributed by atoms with E-state index in [1.165, 1.54) is 0 Å². The van der Waals surface area contributed by atoms with E-state index in [4.69, 9.17) is 16.7 Å². The number of rotatable bonds is 5. The molecular weight excluding hydrogens is 302 g/mol. The fraction of sp³-hybridized carbons (Fsp3) is 0.167. The number of H-pyrrole nitrogens is 1. The fourth-order valence-electron chi connectivity index (χ4n) is 1.48. The number of aromatic amines is 1. The van der Waals surface area contributed by atoms with Crippen LogP contribution in [-0.2, 0) is 11.2 Å². The molecule has 2 aromatic rings. The van der Waals surface area contributed by atoms with Gasteiger partial charge in [-0.25, -0.2) is 0 Å². The normalized spacial score (nSPS) is 10.4. The van der Waals surface area contributed by atoms with Gasteiger partial charge in [-0.05, 0) is 11.6 Å². The van der Waals surface area contributed by atoms with E-state index in [1.54, 1.807) is 18.2 Å². The third kappa shape index (κ3) is 3.82. The molecule has 0 fully saturated rings. The van der Waals surface area contributed by atoms with Gasteiger partial charge in [0.15, 0.2) is 5.16 Å². The van der Waals surface area contributed by atoms with E-state index < -0.39 is 11.5 Å². The molecule has 0 radical (unpaired) electrons. The summed E-state index contributed by atoms with van der Waals surface area (Å²) in [7, 11) is 0. The van der Waals surface area contributed by atoms with Crippen molar-refractivity contribution in [2.24, 2.45) is 0 Å². The third-order valence-electron chi connectivity index (χ3n) is 2.39. The van der Waals surface area contributed by atoms with Crippen LogP contribution in [-0.4, -0.2) is 32.0 Å². The van der Waals surface area contributed by atoms with Crippen LogP contribution in [0.2, 0.25) is 5.02 Å². The Balaban J connectivity index is 2.16. The number of hydrogen-bond acceptors (Lipinski definition) is 5. The van der Waals surface area contributed by atoms with Gasteiger partial charge in [0.25, 0.3) is 5.56 Å². The zero-order chi connectivity index (χ0) is 14.5. The monoisotopic (exact) mass is 311 g/mol. The van der Waals surface area contributed by atoms with Gasteiger partial charge >= 0.3 is 5.97 Å². The summed E-state index contributed by atoms with van der Waals surface area (Å²) in [6.07, 6.45) is 0.270. The van der Waals surface area contributed by atoms with Gasteiger partial charge in [0, 0.05) is 11.4 Å². The SMILES string of the molecule is O=C(O)CSc1nnc(Cc2ccccc2Cl)c(=O)[nH]1. The van der Waals surface area contributed by atoms with Crippen LogP contribution in [0.1, 0.15) is 11.3 Å². The molecule has 6 nitrogen and oxygen atoms in total. The van der Waals surface area contributed by atoms with Crippen molar-refractivity contribution in [2.45, 2.75) is 11.6 Å². The van der Waals surface area contributed by atoms with Crippen molar-refractivity contribution in [1.29, 1.82) is 0 Å². The first kappa shape index (κ1) is 14.5. The van der Waals surface area contributed by atoms with Gasteiger partial charge in [0.1, 0.15) is 5.69 Å². The summed E-state index contributed by atoms with van der Waals surface area (Å²) in [5.74, 6) is -1.17. The summed E-state index contributed by atoms with van der Waals surface area (Å²) in [5, 5.41) is 16.9. The Morgan fingerprint density at radius 1 is 1.35 bits per heavy atom. The summed E-state index contributed by atoms with van der Waals surface area (Å²) in [6, 6.07) is 7.15. The highest BCUT2D eigenvalue weighted by molar-refractivity contribution is 7.99. The number of carbonyl (C=O) groups is 1. The zero-order valence-electron chi connectivity index (χ0n) is 10.2. The number of aromatic nitrogens is 3. The average molecular weight is 312 g/mol. The largest absolute Gasteiger partial charge is 0.481 e. The lowest BCUT2D eigenvalue weighted by Gasteiger charge is -2.03. The number of halogens is 1. The topological polar surface area (TPSA) is 95.9 Å². The van der Waals surface area contributed by atoms with Crippen molar-refractivity contribution in [2.75, 3.05) is 5.75 Å². The minimum atomic E-state index is -0.988. The molecule has 0 aliphatic carbocycles. The van der Waals surface area contributed by atoms with Crippen LogP contribution in [0.15, 0.2) is 34.2 Å². The molecule has 0 saturated heterocycles. The van der Waals surface area contributed by atoms with Gasteiger partial charge in [0.05, 0.1) is 5.75 Å². The Hall–Kier alpha value is -1.86. The number of thioether (sulfide) groups is 1. The van der Waals surface area contributed by atoms with Crippen LogP contribution in [0, 0.1) is 0 Å². The predicted octanol–water partition coefficient (Wildman–Crippen LogP) is 1.59.